The number of nitro groups is 1. The smallest absolute Gasteiger partial charge is 0.269 e. The molecule has 8 heteroatoms. The third-order valence-electron chi connectivity index (χ3n) is 3.65. The highest BCUT2D eigenvalue weighted by Gasteiger charge is 2.16. The molecule has 1 atom stereocenters. The molecule has 0 fully saturated rings. The molecule has 2 aromatic rings. The Morgan fingerprint density at radius 1 is 0.963 bits per heavy atom. The van der Waals surface area contributed by atoms with Crippen LogP contribution in [0, 0.1) is 16.0 Å². The number of ether oxygens (including phenoxy) is 1. The second kappa shape index (κ2) is 8.79. The van der Waals surface area contributed by atoms with E-state index in [0.717, 1.165) is 0 Å². The van der Waals surface area contributed by atoms with E-state index in [2.05, 4.69) is 10.6 Å². The second-order valence-corrected chi connectivity index (χ2v) is 6.23. The van der Waals surface area contributed by atoms with Crippen molar-refractivity contribution in [1.29, 1.82) is 0 Å². The predicted molar refractivity (Wildman–Crippen MR) is 102 cm³/mol. The minimum Gasteiger partial charge on any atom is -0.481 e. The first-order chi connectivity index (χ1) is 12.8. The zero-order valence-corrected chi connectivity index (χ0v) is 15.3. The van der Waals surface area contributed by atoms with Crippen LogP contribution in [0.25, 0.3) is 0 Å². The van der Waals surface area contributed by atoms with Crippen LogP contribution in [0.1, 0.15) is 20.8 Å². The van der Waals surface area contributed by atoms with Gasteiger partial charge in [0.2, 0.25) is 5.91 Å². The Kier molecular flexibility index (Phi) is 6.48. The van der Waals surface area contributed by atoms with Crippen LogP contribution in [0.3, 0.4) is 0 Å². The molecular formula is C19H21N3O5. The normalized spacial score (nSPS) is 11.6. The molecule has 2 amide bonds. The van der Waals surface area contributed by atoms with Gasteiger partial charge in [-0.2, -0.15) is 0 Å². The Balaban J connectivity index is 1.97. The first kappa shape index (κ1) is 19.9. The molecule has 0 spiro atoms. The fourth-order valence-corrected chi connectivity index (χ4v) is 2.11. The number of nitrogens with one attached hydrogen (secondary N) is 2. The van der Waals surface area contributed by atoms with Gasteiger partial charge in [0.25, 0.3) is 11.6 Å². The van der Waals surface area contributed by atoms with Crippen LogP contribution < -0.4 is 15.4 Å². The molecule has 0 aliphatic carbocycles. The average Bonchev–Trinajstić information content (AvgIpc) is 2.62. The van der Waals surface area contributed by atoms with Gasteiger partial charge < -0.3 is 15.4 Å². The van der Waals surface area contributed by atoms with Crippen molar-refractivity contribution >= 4 is 28.9 Å². The second-order valence-electron chi connectivity index (χ2n) is 6.23. The zero-order valence-electron chi connectivity index (χ0n) is 15.3. The Morgan fingerprint density at radius 2 is 1.52 bits per heavy atom. The molecule has 2 aromatic carbocycles. The number of hydrogen-bond donors (Lipinski definition) is 2. The van der Waals surface area contributed by atoms with Gasteiger partial charge in [0.05, 0.1) is 4.92 Å². The lowest BCUT2D eigenvalue weighted by Crippen LogP contribution is -2.30. The summed E-state index contributed by atoms with van der Waals surface area (Å²) in [6.45, 7) is 5.15. The quantitative estimate of drug-likeness (QED) is 0.571. The van der Waals surface area contributed by atoms with Crippen LogP contribution in [-0.2, 0) is 9.59 Å². The van der Waals surface area contributed by atoms with Crippen LogP contribution in [0.4, 0.5) is 17.1 Å². The van der Waals surface area contributed by atoms with Crippen LogP contribution in [0.5, 0.6) is 5.75 Å². The summed E-state index contributed by atoms with van der Waals surface area (Å²) in [6, 6.07) is 12.3. The SMILES string of the molecule is CC(C)C(=O)Nc1cccc(NC(=O)C(C)Oc2ccc([N+](=O)[O-])cc2)c1. The highest BCUT2D eigenvalue weighted by Crippen LogP contribution is 2.20. The number of carbonyl (C=O) groups excluding carboxylic acids is 2. The molecule has 0 saturated heterocycles. The maximum absolute atomic E-state index is 12.3. The number of carbonyl (C=O) groups is 2. The topological polar surface area (TPSA) is 111 Å². The van der Waals surface area contributed by atoms with E-state index in [9.17, 15) is 19.7 Å². The molecule has 0 bridgehead atoms. The van der Waals surface area contributed by atoms with E-state index in [1.54, 1.807) is 45.0 Å². The molecule has 0 aliphatic rings. The maximum Gasteiger partial charge on any atom is 0.269 e. The monoisotopic (exact) mass is 371 g/mol. The Morgan fingerprint density at radius 3 is 2.04 bits per heavy atom. The van der Waals surface area contributed by atoms with Crippen molar-refractivity contribution in [2.45, 2.75) is 26.9 Å². The summed E-state index contributed by atoms with van der Waals surface area (Å²) >= 11 is 0. The van der Waals surface area contributed by atoms with E-state index in [-0.39, 0.29) is 23.4 Å². The molecule has 0 saturated carbocycles. The van der Waals surface area contributed by atoms with E-state index in [0.29, 0.717) is 17.1 Å². The van der Waals surface area contributed by atoms with Crippen LogP contribution in [0.2, 0.25) is 0 Å². The number of hydrogen-bond acceptors (Lipinski definition) is 5. The van der Waals surface area contributed by atoms with Gasteiger partial charge in [-0.3, -0.25) is 19.7 Å². The first-order valence-corrected chi connectivity index (χ1v) is 8.39. The van der Waals surface area contributed by atoms with Crippen molar-refractivity contribution in [3.8, 4) is 5.75 Å². The highest BCUT2D eigenvalue weighted by atomic mass is 16.6. The van der Waals surface area contributed by atoms with Gasteiger partial charge in [-0.1, -0.05) is 19.9 Å². The highest BCUT2D eigenvalue weighted by molar-refractivity contribution is 5.96. The fraction of sp³-hybridized carbons (Fsp3) is 0.263. The van der Waals surface area contributed by atoms with E-state index >= 15 is 0 Å². The van der Waals surface area contributed by atoms with Crippen LogP contribution in [0.15, 0.2) is 48.5 Å². The number of nitrogens with zero attached hydrogens (tertiary/aromatic N) is 1. The summed E-state index contributed by atoms with van der Waals surface area (Å²) in [6.07, 6.45) is -0.819. The summed E-state index contributed by atoms with van der Waals surface area (Å²) in [7, 11) is 0. The Labute approximate surface area is 156 Å². The number of amides is 2. The molecule has 0 aliphatic heterocycles. The van der Waals surface area contributed by atoms with Crippen LogP contribution >= 0.6 is 0 Å². The van der Waals surface area contributed by atoms with Gasteiger partial charge in [0.15, 0.2) is 6.10 Å². The molecule has 0 heterocycles. The first-order valence-electron chi connectivity index (χ1n) is 8.39. The summed E-state index contributed by atoms with van der Waals surface area (Å²) < 4.78 is 5.50. The maximum atomic E-state index is 12.3. The molecule has 27 heavy (non-hydrogen) atoms. The lowest BCUT2D eigenvalue weighted by molar-refractivity contribution is -0.384. The molecular weight excluding hydrogens is 350 g/mol. The number of non-ortho nitro benzene ring substituents is 1. The van der Waals surface area contributed by atoms with Gasteiger partial charge in [-0.05, 0) is 37.3 Å². The summed E-state index contributed by atoms with van der Waals surface area (Å²) in [5, 5.41) is 16.1. The van der Waals surface area contributed by atoms with Gasteiger partial charge in [0, 0.05) is 29.4 Å². The average molecular weight is 371 g/mol. The number of anilines is 2. The van der Waals surface area contributed by atoms with Crippen molar-refractivity contribution in [3.63, 3.8) is 0 Å². The van der Waals surface area contributed by atoms with E-state index in [4.69, 9.17) is 4.74 Å². The predicted octanol–water partition coefficient (Wildman–Crippen LogP) is 3.60. The van der Waals surface area contributed by atoms with Crippen molar-refractivity contribution in [2.75, 3.05) is 10.6 Å². The number of nitro benzene ring substituents is 1. The zero-order chi connectivity index (χ0) is 20.0. The Hall–Kier alpha value is -3.42. The van der Waals surface area contributed by atoms with Crippen molar-refractivity contribution < 1.29 is 19.2 Å². The lowest BCUT2D eigenvalue weighted by Gasteiger charge is -2.15. The van der Waals surface area contributed by atoms with Gasteiger partial charge in [0.1, 0.15) is 5.75 Å². The molecule has 142 valence electrons. The summed E-state index contributed by atoms with van der Waals surface area (Å²) in [5.74, 6) is -0.311. The van der Waals surface area contributed by atoms with E-state index in [1.165, 1.54) is 24.3 Å². The minimum atomic E-state index is -0.819. The van der Waals surface area contributed by atoms with E-state index < -0.39 is 11.0 Å². The number of benzene rings is 2. The largest absolute Gasteiger partial charge is 0.481 e. The molecule has 2 rings (SSSR count). The third kappa shape index (κ3) is 5.81. The lowest BCUT2D eigenvalue weighted by atomic mass is 10.2. The molecule has 1 unspecified atom stereocenters. The Bertz CT molecular complexity index is 833. The molecule has 8 nitrogen and oxygen atoms in total. The van der Waals surface area contributed by atoms with Gasteiger partial charge in [-0.25, -0.2) is 0 Å². The van der Waals surface area contributed by atoms with Crippen molar-refractivity contribution in [1.82, 2.24) is 0 Å². The fourth-order valence-electron chi connectivity index (χ4n) is 2.11. The van der Waals surface area contributed by atoms with E-state index in [1.807, 2.05) is 0 Å². The van der Waals surface area contributed by atoms with Gasteiger partial charge >= 0.3 is 0 Å². The van der Waals surface area contributed by atoms with Crippen LogP contribution in [-0.4, -0.2) is 22.8 Å². The summed E-state index contributed by atoms with van der Waals surface area (Å²) in [5.41, 5.74) is 1.04. The van der Waals surface area contributed by atoms with Crippen molar-refractivity contribution in [2.24, 2.45) is 5.92 Å². The molecule has 0 aromatic heterocycles. The minimum absolute atomic E-state index is 0.0558. The number of rotatable bonds is 7. The summed E-state index contributed by atoms with van der Waals surface area (Å²) in [4.78, 5) is 34.2. The standard InChI is InChI=1S/C19H21N3O5/c1-12(2)18(23)20-14-5-4-6-15(11-14)21-19(24)13(3)27-17-9-7-16(8-10-17)22(25)26/h4-13H,1-3H3,(H,20,23)(H,21,24). The molecule has 2 N–H and O–H groups in total. The third-order valence-corrected chi connectivity index (χ3v) is 3.65. The molecule has 0 radical (unpaired) electrons. The van der Waals surface area contributed by atoms with Gasteiger partial charge in [-0.15, -0.1) is 0 Å². The van der Waals surface area contributed by atoms with Crippen molar-refractivity contribution in [3.05, 3.63) is 58.6 Å².